The van der Waals surface area contributed by atoms with E-state index in [-0.39, 0.29) is 0 Å². The van der Waals surface area contributed by atoms with Crippen molar-refractivity contribution in [2.45, 2.75) is 25.1 Å². The lowest BCUT2D eigenvalue weighted by Gasteiger charge is -2.16. The van der Waals surface area contributed by atoms with Gasteiger partial charge in [-0.25, -0.2) is 13.2 Å². The molecule has 0 aliphatic rings. The number of benzene rings is 1. The molecule has 2 unspecified atom stereocenters. The predicted octanol–water partition coefficient (Wildman–Crippen LogP) is 2.71. The minimum absolute atomic E-state index is 0.346. The highest BCUT2D eigenvalue weighted by Gasteiger charge is 2.24. The fourth-order valence-electron chi connectivity index (χ4n) is 1.29. The van der Waals surface area contributed by atoms with Crippen molar-refractivity contribution >= 4 is 0 Å². The molecule has 14 heavy (non-hydrogen) atoms. The first-order valence-corrected chi connectivity index (χ1v) is 4.26. The maximum absolute atomic E-state index is 12.5. The molecule has 1 N–H and O–H groups in total. The molecule has 0 aliphatic carbocycles. The maximum atomic E-state index is 12.5. The van der Waals surface area contributed by atoms with Crippen LogP contribution in [0.3, 0.4) is 0 Å². The zero-order chi connectivity index (χ0) is 10.6. The second kappa shape index (κ2) is 5.00. The van der Waals surface area contributed by atoms with Crippen LogP contribution in [0.15, 0.2) is 30.3 Å². The summed E-state index contributed by atoms with van der Waals surface area (Å²) in [6.07, 6.45) is -5.43. The molecule has 0 fully saturated rings. The summed E-state index contributed by atoms with van der Waals surface area (Å²) in [7, 11) is 0. The minimum Gasteiger partial charge on any atom is -0.364 e. The Morgan fingerprint density at radius 3 is 2.07 bits per heavy atom. The van der Waals surface area contributed by atoms with Crippen LogP contribution in [-0.4, -0.2) is 17.9 Å². The number of aliphatic hydroxyl groups is 1. The number of hydrogen-bond donors (Lipinski definition) is 1. The van der Waals surface area contributed by atoms with Crippen LogP contribution in [0.1, 0.15) is 17.9 Å². The molecule has 1 nitrogen and oxygen atoms in total. The van der Waals surface area contributed by atoms with E-state index >= 15 is 0 Å². The fraction of sp³-hybridized carbons (Fsp3) is 0.400. The summed E-state index contributed by atoms with van der Waals surface area (Å²) >= 11 is 0. The van der Waals surface area contributed by atoms with Crippen LogP contribution in [0.5, 0.6) is 0 Å². The lowest BCUT2D eigenvalue weighted by molar-refractivity contribution is 0.00289. The Balaban J connectivity index is 2.78. The van der Waals surface area contributed by atoms with Crippen LogP contribution in [0.4, 0.5) is 13.2 Å². The van der Waals surface area contributed by atoms with Gasteiger partial charge in [0.05, 0.1) is 0 Å². The van der Waals surface area contributed by atoms with Crippen LogP contribution in [0, 0.1) is 0 Å². The highest BCUT2D eigenvalue weighted by atomic mass is 19.3. The Kier molecular flexibility index (Phi) is 3.95. The van der Waals surface area contributed by atoms with Gasteiger partial charge in [0.2, 0.25) is 6.43 Å². The molecule has 1 aromatic rings. The van der Waals surface area contributed by atoms with Crippen LogP contribution < -0.4 is 0 Å². The molecule has 0 heterocycles. The van der Waals surface area contributed by atoms with Crippen LogP contribution in [-0.2, 0) is 0 Å². The van der Waals surface area contributed by atoms with Gasteiger partial charge in [-0.05, 0) is 5.56 Å². The molecule has 0 amide bonds. The van der Waals surface area contributed by atoms with Gasteiger partial charge in [-0.15, -0.1) is 0 Å². The molecule has 0 radical (unpaired) electrons. The van der Waals surface area contributed by atoms with E-state index in [1.807, 2.05) is 0 Å². The normalized spacial score (nSPS) is 15.5. The van der Waals surface area contributed by atoms with E-state index in [2.05, 4.69) is 0 Å². The SMILES string of the molecule is OC(F)CC(c1ccccc1)C(F)F. The Labute approximate surface area is 80.2 Å². The Hall–Kier alpha value is -1.03. The molecule has 0 aromatic heterocycles. The van der Waals surface area contributed by atoms with Gasteiger partial charge in [-0.2, -0.15) is 0 Å². The molecular weight excluding hydrogens is 193 g/mol. The summed E-state index contributed by atoms with van der Waals surface area (Å²) in [5.74, 6) is -1.24. The van der Waals surface area contributed by atoms with Gasteiger partial charge in [0.15, 0.2) is 6.36 Å². The van der Waals surface area contributed by atoms with Crippen molar-refractivity contribution < 1.29 is 18.3 Å². The van der Waals surface area contributed by atoms with E-state index in [4.69, 9.17) is 5.11 Å². The standard InChI is InChI=1S/C10H11F3O/c11-9(14)6-8(10(12)13)7-4-2-1-3-5-7/h1-5,8-10,14H,6H2. The first kappa shape index (κ1) is 11.0. The number of alkyl halides is 3. The van der Waals surface area contributed by atoms with E-state index in [0.717, 1.165) is 0 Å². The molecule has 78 valence electrons. The zero-order valence-electron chi connectivity index (χ0n) is 7.41. The van der Waals surface area contributed by atoms with Crippen molar-refractivity contribution in [3.05, 3.63) is 35.9 Å². The molecule has 2 atom stereocenters. The minimum atomic E-state index is -2.66. The molecule has 0 aliphatic heterocycles. The summed E-state index contributed by atoms with van der Waals surface area (Å²) in [5.41, 5.74) is 0.346. The topological polar surface area (TPSA) is 20.2 Å². The number of rotatable bonds is 4. The smallest absolute Gasteiger partial charge is 0.245 e. The molecule has 4 heteroatoms. The summed E-state index contributed by atoms with van der Waals surface area (Å²) in [6, 6.07) is 7.90. The highest BCUT2D eigenvalue weighted by Crippen LogP contribution is 2.28. The van der Waals surface area contributed by atoms with Gasteiger partial charge < -0.3 is 5.11 Å². The number of aliphatic hydroxyl groups excluding tert-OH is 1. The summed E-state index contributed by atoms with van der Waals surface area (Å²) < 4.78 is 37.2. The van der Waals surface area contributed by atoms with Gasteiger partial charge in [0, 0.05) is 12.3 Å². The van der Waals surface area contributed by atoms with Crippen molar-refractivity contribution in [1.82, 2.24) is 0 Å². The predicted molar refractivity (Wildman–Crippen MR) is 46.9 cm³/mol. The van der Waals surface area contributed by atoms with Crippen LogP contribution in [0.25, 0.3) is 0 Å². The van der Waals surface area contributed by atoms with Gasteiger partial charge in [0.1, 0.15) is 0 Å². The highest BCUT2D eigenvalue weighted by molar-refractivity contribution is 5.20. The second-order valence-electron chi connectivity index (χ2n) is 3.02. The van der Waals surface area contributed by atoms with E-state index in [1.54, 1.807) is 18.2 Å². The molecule has 1 rings (SSSR count). The van der Waals surface area contributed by atoms with Crippen LogP contribution in [0.2, 0.25) is 0 Å². The van der Waals surface area contributed by atoms with Crippen LogP contribution >= 0.6 is 0 Å². The monoisotopic (exact) mass is 204 g/mol. The first-order valence-electron chi connectivity index (χ1n) is 4.26. The lowest BCUT2D eigenvalue weighted by Crippen LogP contribution is -2.14. The lowest BCUT2D eigenvalue weighted by atomic mass is 9.96. The van der Waals surface area contributed by atoms with Crippen molar-refractivity contribution in [2.24, 2.45) is 0 Å². The third-order valence-corrected chi connectivity index (χ3v) is 1.98. The number of hydrogen-bond acceptors (Lipinski definition) is 1. The molecule has 1 aromatic carbocycles. The van der Waals surface area contributed by atoms with Gasteiger partial charge in [0.25, 0.3) is 0 Å². The molecule has 0 saturated heterocycles. The van der Waals surface area contributed by atoms with E-state index in [0.29, 0.717) is 5.56 Å². The third kappa shape index (κ3) is 3.03. The Morgan fingerprint density at radius 2 is 1.64 bits per heavy atom. The maximum Gasteiger partial charge on any atom is 0.245 e. The van der Waals surface area contributed by atoms with Gasteiger partial charge >= 0.3 is 0 Å². The largest absolute Gasteiger partial charge is 0.364 e. The molecule has 0 bridgehead atoms. The van der Waals surface area contributed by atoms with Crippen molar-refractivity contribution in [2.75, 3.05) is 0 Å². The molecular formula is C10H11F3O. The molecule has 0 saturated carbocycles. The number of halogens is 3. The Bertz CT molecular complexity index is 261. The van der Waals surface area contributed by atoms with E-state index < -0.39 is 25.1 Å². The van der Waals surface area contributed by atoms with Crippen molar-refractivity contribution in [1.29, 1.82) is 0 Å². The van der Waals surface area contributed by atoms with Gasteiger partial charge in [-0.1, -0.05) is 30.3 Å². The average molecular weight is 204 g/mol. The van der Waals surface area contributed by atoms with E-state index in [1.165, 1.54) is 12.1 Å². The van der Waals surface area contributed by atoms with Gasteiger partial charge in [-0.3, -0.25) is 0 Å². The summed E-state index contributed by atoms with van der Waals surface area (Å²) in [6.45, 7) is 0. The third-order valence-electron chi connectivity index (χ3n) is 1.98. The Morgan fingerprint density at radius 1 is 1.07 bits per heavy atom. The second-order valence-corrected chi connectivity index (χ2v) is 3.02. The first-order chi connectivity index (χ1) is 6.61. The van der Waals surface area contributed by atoms with Crippen molar-refractivity contribution in [3.63, 3.8) is 0 Å². The van der Waals surface area contributed by atoms with Crippen molar-refractivity contribution in [3.8, 4) is 0 Å². The summed E-state index contributed by atoms with van der Waals surface area (Å²) in [5, 5.41) is 8.43. The molecule has 0 spiro atoms. The van der Waals surface area contributed by atoms with E-state index in [9.17, 15) is 13.2 Å². The zero-order valence-corrected chi connectivity index (χ0v) is 7.41. The quantitative estimate of drug-likeness (QED) is 0.799. The summed E-state index contributed by atoms with van der Waals surface area (Å²) in [4.78, 5) is 0. The average Bonchev–Trinajstić information content (AvgIpc) is 2.15. The fourth-order valence-corrected chi connectivity index (χ4v) is 1.29.